The molecule has 30 heavy (non-hydrogen) atoms. The number of hydrogen-bond donors (Lipinski definition) is 1. The van der Waals surface area contributed by atoms with Gasteiger partial charge in [-0.2, -0.15) is 0 Å². The van der Waals surface area contributed by atoms with E-state index in [9.17, 15) is 18.0 Å². The largest absolute Gasteiger partial charge is 0.316 e. The van der Waals surface area contributed by atoms with Crippen molar-refractivity contribution < 1.29 is 18.0 Å². The number of nitrogens with one attached hydrogen (secondary N) is 1. The van der Waals surface area contributed by atoms with Crippen LogP contribution in [0.3, 0.4) is 0 Å². The monoisotopic (exact) mass is 446 g/mol. The number of sulfone groups is 1. The molecule has 160 valence electrons. The van der Waals surface area contributed by atoms with Crippen LogP contribution in [0.5, 0.6) is 0 Å². The summed E-state index contributed by atoms with van der Waals surface area (Å²) in [5, 5.41) is 3.58. The van der Waals surface area contributed by atoms with Gasteiger partial charge in [-0.25, -0.2) is 8.42 Å². The molecule has 1 aliphatic carbocycles. The summed E-state index contributed by atoms with van der Waals surface area (Å²) in [6.07, 6.45) is 4.49. The molecular formula is C22H26N2O4S2. The van der Waals surface area contributed by atoms with Gasteiger partial charge >= 0.3 is 0 Å². The number of rotatable bonds is 6. The van der Waals surface area contributed by atoms with Crippen LogP contribution in [-0.4, -0.2) is 56.1 Å². The van der Waals surface area contributed by atoms with E-state index < -0.39 is 9.84 Å². The standard InChI is InChI=1S/C22H26N2O4S2/c1-24(16-11-12-30(27,28)14-16)13-19(25)23-22-20(17-9-5-6-10-18(17)29-22)21(26)15-7-3-2-4-8-15/h2-4,7-8,16H,5-6,9-14H2,1H3,(H,23,25)/t16-/m0/s1. The Balaban J connectivity index is 1.54. The Morgan fingerprint density at radius 3 is 2.60 bits per heavy atom. The van der Waals surface area contributed by atoms with Crippen molar-refractivity contribution in [2.45, 2.75) is 38.1 Å². The molecule has 1 atom stereocenters. The fourth-order valence-corrected chi connectivity index (χ4v) is 7.38. The summed E-state index contributed by atoms with van der Waals surface area (Å²) in [5.74, 6) is 0.00165. The number of thiophene rings is 1. The smallest absolute Gasteiger partial charge is 0.239 e. The van der Waals surface area contributed by atoms with E-state index in [2.05, 4.69) is 5.32 Å². The summed E-state index contributed by atoms with van der Waals surface area (Å²) >= 11 is 1.51. The molecule has 8 heteroatoms. The number of carbonyl (C=O) groups is 2. The quantitative estimate of drug-likeness (QED) is 0.690. The van der Waals surface area contributed by atoms with Gasteiger partial charge in [0.15, 0.2) is 15.6 Å². The van der Waals surface area contributed by atoms with E-state index in [1.54, 1.807) is 24.1 Å². The average molecular weight is 447 g/mol. The van der Waals surface area contributed by atoms with E-state index >= 15 is 0 Å². The van der Waals surface area contributed by atoms with Gasteiger partial charge in [-0.3, -0.25) is 14.5 Å². The van der Waals surface area contributed by atoms with Gasteiger partial charge in [-0.15, -0.1) is 11.3 Å². The number of likely N-dealkylation sites (N-methyl/N-ethyl adjacent to an activating group) is 1. The topological polar surface area (TPSA) is 83.6 Å². The predicted molar refractivity (Wildman–Crippen MR) is 119 cm³/mol. The number of benzene rings is 1. The number of fused-ring (bicyclic) bond motifs is 1. The lowest BCUT2D eigenvalue weighted by Crippen LogP contribution is -2.38. The number of carbonyl (C=O) groups excluding carboxylic acids is 2. The van der Waals surface area contributed by atoms with E-state index in [4.69, 9.17) is 0 Å². The van der Waals surface area contributed by atoms with Gasteiger partial charge in [-0.1, -0.05) is 30.3 Å². The first-order valence-corrected chi connectivity index (χ1v) is 12.9. The molecule has 1 aromatic heterocycles. The number of hydrogen-bond acceptors (Lipinski definition) is 6. The molecule has 0 spiro atoms. The Kier molecular flexibility index (Phi) is 6.09. The van der Waals surface area contributed by atoms with Crippen LogP contribution in [0, 0.1) is 0 Å². The van der Waals surface area contributed by atoms with Gasteiger partial charge in [0.2, 0.25) is 5.91 Å². The number of anilines is 1. The zero-order valence-electron chi connectivity index (χ0n) is 17.0. The van der Waals surface area contributed by atoms with Crippen molar-refractivity contribution >= 4 is 37.9 Å². The van der Waals surface area contributed by atoms with Crippen LogP contribution >= 0.6 is 11.3 Å². The fraction of sp³-hybridized carbons (Fsp3) is 0.455. The summed E-state index contributed by atoms with van der Waals surface area (Å²) < 4.78 is 23.5. The summed E-state index contributed by atoms with van der Waals surface area (Å²) in [7, 11) is -1.22. The fourth-order valence-electron chi connectivity index (χ4n) is 4.27. The zero-order valence-corrected chi connectivity index (χ0v) is 18.7. The molecule has 2 heterocycles. The van der Waals surface area contributed by atoms with E-state index in [1.165, 1.54) is 16.2 Å². The van der Waals surface area contributed by atoms with Crippen LogP contribution in [0.1, 0.15) is 45.6 Å². The molecule has 1 fully saturated rings. The van der Waals surface area contributed by atoms with Crippen LogP contribution < -0.4 is 5.32 Å². The molecule has 1 N–H and O–H groups in total. The number of ketones is 1. The van der Waals surface area contributed by atoms with E-state index in [0.29, 0.717) is 22.5 Å². The minimum absolute atomic E-state index is 0.0551. The molecule has 0 radical (unpaired) electrons. The van der Waals surface area contributed by atoms with Crippen molar-refractivity contribution in [2.24, 2.45) is 0 Å². The Labute approximate surface area is 181 Å². The van der Waals surface area contributed by atoms with Crippen molar-refractivity contribution in [3.05, 3.63) is 51.9 Å². The van der Waals surface area contributed by atoms with Crippen molar-refractivity contribution in [1.29, 1.82) is 0 Å². The van der Waals surface area contributed by atoms with Crippen molar-refractivity contribution in [3.63, 3.8) is 0 Å². The van der Waals surface area contributed by atoms with Gasteiger partial charge in [0.05, 0.1) is 23.6 Å². The normalized spacial score (nSPS) is 20.1. The molecule has 0 bridgehead atoms. The first-order chi connectivity index (χ1) is 14.3. The maximum Gasteiger partial charge on any atom is 0.239 e. The maximum absolute atomic E-state index is 13.3. The first-order valence-electron chi connectivity index (χ1n) is 10.3. The number of nitrogens with zero attached hydrogens (tertiary/aromatic N) is 1. The maximum atomic E-state index is 13.3. The third kappa shape index (κ3) is 4.50. The molecule has 1 saturated heterocycles. The molecule has 6 nitrogen and oxygen atoms in total. The van der Waals surface area contributed by atoms with Crippen LogP contribution in [0.25, 0.3) is 0 Å². The predicted octanol–water partition coefficient (Wildman–Crippen LogP) is 2.92. The summed E-state index contributed by atoms with van der Waals surface area (Å²) in [6.45, 7) is 0.0989. The molecule has 2 aliphatic rings. The average Bonchev–Trinajstić information content (AvgIpc) is 3.27. The molecule has 1 aliphatic heterocycles. The lowest BCUT2D eigenvalue weighted by molar-refractivity contribution is -0.117. The Bertz CT molecular complexity index is 1060. The second-order valence-electron chi connectivity index (χ2n) is 8.13. The number of aryl methyl sites for hydroxylation is 1. The summed E-state index contributed by atoms with van der Waals surface area (Å²) in [5.41, 5.74) is 2.32. The Morgan fingerprint density at radius 2 is 1.90 bits per heavy atom. The molecule has 0 unspecified atom stereocenters. The minimum Gasteiger partial charge on any atom is -0.316 e. The molecule has 0 saturated carbocycles. The second-order valence-corrected chi connectivity index (χ2v) is 11.5. The zero-order chi connectivity index (χ0) is 21.3. The molecule has 4 rings (SSSR count). The SMILES string of the molecule is CN(CC(=O)Nc1sc2c(c1C(=O)c1ccccc1)CCCC2)[C@H]1CCS(=O)(=O)C1. The van der Waals surface area contributed by atoms with Crippen molar-refractivity contribution in [2.75, 3.05) is 30.4 Å². The van der Waals surface area contributed by atoms with Crippen LogP contribution in [0.4, 0.5) is 5.00 Å². The molecule has 1 aromatic carbocycles. The Morgan fingerprint density at radius 1 is 1.17 bits per heavy atom. The second kappa shape index (κ2) is 8.61. The third-order valence-corrected chi connectivity index (χ3v) is 8.87. The van der Waals surface area contributed by atoms with Gasteiger partial charge < -0.3 is 5.32 Å². The lowest BCUT2D eigenvalue weighted by Gasteiger charge is -2.22. The van der Waals surface area contributed by atoms with E-state index in [1.807, 2.05) is 18.2 Å². The van der Waals surface area contributed by atoms with E-state index in [-0.39, 0.29) is 35.8 Å². The highest BCUT2D eigenvalue weighted by atomic mass is 32.2. The van der Waals surface area contributed by atoms with E-state index in [0.717, 1.165) is 31.2 Å². The van der Waals surface area contributed by atoms with Crippen molar-refractivity contribution in [1.82, 2.24) is 4.90 Å². The van der Waals surface area contributed by atoms with Crippen LogP contribution in [0.15, 0.2) is 30.3 Å². The molecule has 2 aromatic rings. The van der Waals surface area contributed by atoms with Crippen molar-refractivity contribution in [3.8, 4) is 0 Å². The highest BCUT2D eigenvalue weighted by molar-refractivity contribution is 7.91. The van der Waals surface area contributed by atoms with Crippen LogP contribution in [-0.2, 0) is 27.5 Å². The highest BCUT2D eigenvalue weighted by Gasteiger charge is 2.32. The van der Waals surface area contributed by atoms with Gasteiger partial charge in [-0.05, 0) is 44.7 Å². The molecule has 1 amide bonds. The van der Waals surface area contributed by atoms with Crippen LogP contribution in [0.2, 0.25) is 0 Å². The number of amides is 1. The third-order valence-electron chi connectivity index (χ3n) is 5.91. The summed E-state index contributed by atoms with van der Waals surface area (Å²) in [6, 6.07) is 9.03. The Hall–Kier alpha value is -2.03. The van der Waals surface area contributed by atoms with Gasteiger partial charge in [0.25, 0.3) is 0 Å². The first kappa shape index (κ1) is 21.2. The lowest BCUT2D eigenvalue weighted by atomic mass is 9.92. The van der Waals surface area contributed by atoms with Gasteiger partial charge in [0.1, 0.15) is 5.00 Å². The highest BCUT2D eigenvalue weighted by Crippen LogP contribution is 2.39. The molecular weight excluding hydrogens is 420 g/mol. The summed E-state index contributed by atoms with van der Waals surface area (Å²) in [4.78, 5) is 29.0. The minimum atomic E-state index is -3.00. The van der Waals surface area contributed by atoms with Gasteiger partial charge in [0, 0.05) is 16.5 Å².